The summed E-state index contributed by atoms with van der Waals surface area (Å²) < 4.78 is 0. The van der Waals surface area contributed by atoms with Gasteiger partial charge < -0.3 is 4.84 Å². The van der Waals surface area contributed by atoms with Gasteiger partial charge in [-0.2, -0.15) is 5.10 Å². The maximum Gasteiger partial charge on any atom is 0.365 e. The van der Waals surface area contributed by atoms with Crippen LogP contribution in [0, 0.1) is 0 Å². The highest BCUT2D eigenvalue weighted by Gasteiger charge is 2.30. The van der Waals surface area contributed by atoms with Crippen LogP contribution in [-0.2, 0) is 17.7 Å². The van der Waals surface area contributed by atoms with E-state index < -0.39 is 5.97 Å². The van der Waals surface area contributed by atoms with Gasteiger partial charge in [0.2, 0.25) is 0 Å². The molecule has 5 nitrogen and oxygen atoms in total. The number of carbonyl (C=O) groups excluding carboxylic acids is 1. The lowest BCUT2D eigenvalue weighted by molar-refractivity contribution is 0.0515. The number of nitrogens with zero attached hydrogens (tertiary/aromatic N) is 2. The second-order valence-corrected chi connectivity index (χ2v) is 9.14. The maximum absolute atomic E-state index is 12.7. The summed E-state index contributed by atoms with van der Waals surface area (Å²) in [6.07, 6.45) is 2.16. The number of benzene rings is 4. The first-order valence-corrected chi connectivity index (χ1v) is 12.2. The Labute approximate surface area is 209 Å². The van der Waals surface area contributed by atoms with E-state index >= 15 is 0 Å². The number of hydrogen-bond acceptors (Lipinski definition) is 4. The Bertz CT molecular complexity index is 1550. The summed E-state index contributed by atoms with van der Waals surface area (Å²) in [6, 6.07) is 34.1. The summed E-state index contributed by atoms with van der Waals surface area (Å²) in [5.74, 6) is -0.246. The van der Waals surface area contributed by atoms with Gasteiger partial charge in [0, 0.05) is 24.1 Å². The van der Waals surface area contributed by atoms with Gasteiger partial charge in [0.05, 0.1) is 17.0 Å². The fourth-order valence-electron chi connectivity index (χ4n) is 5.09. The van der Waals surface area contributed by atoms with Crippen molar-refractivity contribution < 1.29 is 9.63 Å². The largest absolute Gasteiger partial charge is 0.365 e. The van der Waals surface area contributed by atoms with Crippen molar-refractivity contribution in [1.29, 1.82) is 0 Å². The Hall–Kier alpha value is -4.51. The summed E-state index contributed by atoms with van der Waals surface area (Å²) in [5, 5.41) is 14.8. The number of hydrogen-bond donors (Lipinski definition) is 1. The van der Waals surface area contributed by atoms with Crippen LogP contribution in [0.1, 0.15) is 50.8 Å². The van der Waals surface area contributed by atoms with E-state index in [2.05, 4.69) is 77.0 Å². The Morgan fingerprint density at radius 2 is 1.58 bits per heavy atom. The van der Waals surface area contributed by atoms with Crippen LogP contribution < -0.4 is 0 Å². The van der Waals surface area contributed by atoms with E-state index in [0.717, 1.165) is 29.1 Å². The van der Waals surface area contributed by atoms with Crippen molar-refractivity contribution in [2.75, 3.05) is 0 Å². The lowest BCUT2D eigenvalue weighted by atomic mass is 9.80. The van der Waals surface area contributed by atoms with Crippen LogP contribution in [0.3, 0.4) is 0 Å². The molecule has 1 aliphatic rings. The highest BCUT2D eigenvalue weighted by Crippen LogP contribution is 2.35. The summed E-state index contributed by atoms with van der Waals surface area (Å²) in [5.41, 5.74) is 6.57. The molecule has 176 valence electrons. The van der Waals surface area contributed by atoms with Crippen LogP contribution in [0.2, 0.25) is 0 Å². The third-order valence-corrected chi connectivity index (χ3v) is 6.85. The fraction of sp³-hybridized carbons (Fsp3) is 0.129. The molecule has 1 aromatic heterocycles. The molecule has 0 bridgehead atoms. The fourth-order valence-corrected chi connectivity index (χ4v) is 5.09. The van der Waals surface area contributed by atoms with Crippen molar-refractivity contribution in [1.82, 2.24) is 10.2 Å². The standard InChI is InChI=1S/C31H25N3O2/c35-31(23-13-5-2-6-14-23)36-34-29-20-25(21-10-3-1-4-11-21)19-28-30(29)27(32-33-28)18-24-16-9-15-22-12-7-8-17-26(22)24/h1-17,25H,18-20H2,(H,32,33)/b34-29+. The predicted molar refractivity (Wildman–Crippen MR) is 141 cm³/mol. The van der Waals surface area contributed by atoms with Crippen LogP contribution >= 0.6 is 0 Å². The molecule has 0 saturated carbocycles. The van der Waals surface area contributed by atoms with Crippen molar-refractivity contribution in [2.45, 2.75) is 25.2 Å². The van der Waals surface area contributed by atoms with Crippen molar-refractivity contribution in [3.8, 4) is 0 Å². The average Bonchev–Trinajstić information content (AvgIpc) is 3.35. The molecule has 1 atom stereocenters. The number of carbonyl (C=O) groups is 1. The molecule has 1 aliphatic carbocycles. The molecular formula is C31H25N3O2. The minimum Gasteiger partial charge on any atom is -0.313 e. The number of aromatic nitrogens is 2. The third-order valence-electron chi connectivity index (χ3n) is 6.85. The van der Waals surface area contributed by atoms with E-state index in [9.17, 15) is 4.79 Å². The lowest BCUT2D eigenvalue weighted by Crippen LogP contribution is -2.21. The molecule has 0 spiro atoms. The Morgan fingerprint density at radius 3 is 2.42 bits per heavy atom. The van der Waals surface area contributed by atoms with E-state index in [4.69, 9.17) is 9.94 Å². The Kier molecular flexibility index (Phi) is 5.88. The maximum atomic E-state index is 12.7. The topological polar surface area (TPSA) is 67.3 Å². The molecule has 36 heavy (non-hydrogen) atoms. The second-order valence-electron chi connectivity index (χ2n) is 9.14. The van der Waals surface area contributed by atoms with Gasteiger partial charge in [-0.25, -0.2) is 4.79 Å². The van der Waals surface area contributed by atoms with Gasteiger partial charge in [0.1, 0.15) is 0 Å². The summed E-state index contributed by atoms with van der Waals surface area (Å²) in [4.78, 5) is 18.1. The molecule has 1 N–H and O–H groups in total. The van der Waals surface area contributed by atoms with Crippen LogP contribution in [0.15, 0.2) is 108 Å². The van der Waals surface area contributed by atoms with Gasteiger partial charge in [0.15, 0.2) is 0 Å². The highest BCUT2D eigenvalue weighted by atomic mass is 16.7. The molecule has 0 fully saturated rings. The number of aromatic amines is 1. The zero-order valence-electron chi connectivity index (χ0n) is 19.7. The predicted octanol–water partition coefficient (Wildman–Crippen LogP) is 6.44. The monoisotopic (exact) mass is 471 g/mol. The minimum absolute atomic E-state index is 0.221. The van der Waals surface area contributed by atoms with Crippen molar-refractivity contribution in [2.24, 2.45) is 5.16 Å². The van der Waals surface area contributed by atoms with Gasteiger partial charge in [-0.1, -0.05) is 96.2 Å². The molecule has 1 unspecified atom stereocenters. The first-order chi connectivity index (χ1) is 17.8. The van der Waals surface area contributed by atoms with Crippen molar-refractivity contribution >= 4 is 22.5 Å². The minimum atomic E-state index is -0.467. The van der Waals surface area contributed by atoms with Crippen molar-refractivity contribution in [3.63, 3.8) is 0 Å². The molecule has 5 heteroatoms. The van der Waals surface area contributed by atoms with Gasteiger partial charge in [0.25, 0.3) is 0 Å². The van der Waals surface area contributed by atoms with E-state index in [-0.39, 0.29) is 5.92 Å². The Morgan fingerprint density at radius 1 is 0.861 bits per heavy atom. The van der Waals surface area contributed by atoms with Crippen molar-refractivity contribution in [3.05, 3.63) is 137 Å². The van der Waals surface area contributed by atoms with Gasteiger partial charge in [-0.15, -0.1) is 0 Å². The van der Waals surface area contributed by atoms with Gasteiger partial charge in [-0.3, -0.25) is 5.10 Å². The first kappa shape index (κ1) is 22.0. The Balaban J connectivity index is 1.37. The molecule has 5 aromatic rings. The first-order valence-electron chi connectivity index (χ1n) is 12.2. The number of nitrogens with one attached hydrogen (secondary N) is 1. The van der Waals surface area contributed by atoms with E-state index in [1.165, 1.54) is 21.9 Å². The second kappa shape index (κ2) is 9.62. The molecule has 6 rings (SSSR count). The summed E-state index contributed by atoms with van der Waals surface area (Å²) in [7, 11) is 0. The smallest absolute Gasteiger partial charge is 0.313 e. The highest BCUT2D eigenvalue weighted by molar-refractivity contribution is 6.04. The van der Waals surface area contributed by atoms with Crippen LogP contribution in [-0.4, -0.2) is 21.9 Å². The van der Waals surface area contributed by atoms with Crippen LogP contribution in [0.25, 0.3) is 10.8 Å². The zero-order chi connectivity index (χ0) is 24.3. The van der Waals surface area contributed by atoms with Crippen LogP contribution in [0.4, 0.5) is 0 Å². The number of H-pyrrole nitrogens is 1. The molecule has 1 heterocycles. The van der Waals surface area contributed by atoms with Crippen LogP contribution in [0.5, 0.6) is 0 Å². The van der Waals surface area contributed by atoms with Gasteiger partial charge >= 0.3 is 5.97 Å². The number of rotatable bonds is 5. The molecule has 0 radical (unpaired) electrons. The lowest BCUT2D eigenvalue weighted by Gasteiger charge is -2.24. The SMILES string of the molecule is O=C(O/N=C1\CC(c2ccccc2)Cc2[nH]nc(Cc3cccc4ccccc34)c21)c1ccccc1. The van der Waals surface area contributed by atoms with E-state index in [1.807, 2.05) is 24.3 Å². The summed E-state index contributed by atoms with van der Waals surface area (Å²) >= 11 is 0. The van der Waals surface area contributed by atoms with Gasteiger partial charge in [-0.05, 0) is 46.4 Å². The number of oxime groups is 1. The molecule has 0 aliphatic heterocycles. The zero-order valence-corrected chi connectivity index (χ0v) is 19.7. The van der Waals surface area contributed by atoms with E-state index in [1.54, 1.807) is 12.1 Å². The van der Waals surface area contributed by atoms with E-state index in [0.29, 0.717) is 18.4 Å². The summed E-state index contributed by atoms with van der Waals surface area (Å²) in [6.45, 7) is 0. The molecule has 0 saturated heterocycles. The molecule has 0 amide bonds. The average molecular weight is 472 g/mol. The molecular weight excluding hydrogens is 446 g/mol. The quantitative estimate of drug-likeness (QED) is 0.237. The normalized spacial score (nSPS) is 16.1. The molecule has 4 aromatic carbocycles. The third kappa shape index (κ3) is 4.31. The number of fused-ring (bicyclic) bond motifs is 2.